The van der Waals surface area contributed by atoms with Gasteiger partial charge in [0, 0.05) is 17.7 Å². The van der Waals surface area contributed by atoms with Gasteiger partial charge in [0.15, 0.2) is 0 Å². The number of carbonyl (C=O) groups excluding carboxylic acids is 2. The van der Waals surface area contributed by atoms with E-state index in [1.165, 1.54) is 0 Å². The van der Waals surface area contributed by atoms with Crippen LogP contribution < -0.4 is 5.32 Å². The normalized spacial score (nSPS) is 21.8. The molecular formula is C20H18N2O3. The Kier molecular flexibility index (Phi) is 3.76. The molecule has 25 heavy (non-hydrogen) atoms. The predicted molar refractivity (Wildman–Crippen MR) is 94.9 cm³/mol. The van der Waals surface area contributed by atoms with Crippen LogP contribution in [0.1, 0.15) is 22.3 Å². The molecule has 1 fully saturated rings. The zero-order valence-electron chi connectivity index (χ0n) is 13.6. The maximum Gasteiger partial charge on any atom is 0.338 e. The van der Waals surface area contributed by atoms with Crippen molar-refractivity contribution < 1.29 is 14.3 Å². The molecule has 2 aliphatic heterocycles. The Morgan fingerprint density at radius 1 is 1.12 bits per heavy atom. The average Bonchev–Trinajstić information content (AvgIpc) is 3.02. The molecule has 2 aromatic carbocycles. The Bertz CT molecular complexity index is 847. The first-order valence-corrected chi connectivity index (χ1v) is 8.25. The molecule has 2 heterocycles. The van der Waals surface area contributed by atoms with Crippen LogP contribution in [0, 0.1) is 0 Å². The van der Waals surface area contributed by atoms with Gasteiger partial charge in [0.25, 0.3) is 0 Å². The highest BCUT2D eigenvalue weighted by Crippen LogP contribution is 2.36. The highest BCUT2D eigenvalue weighted by Gasteiger charge is 2.41. The molecule has 2 unspecified atom stereocenters. The van der Waals surface area contributed by atoms with Crippen LogP contribution in [0.25, 0.3) is 5.70 Å². The van der Waals surface area contributed by atoms with Gasteiger partial charge in [-0.1, -0.05) is 43.0 Å². The van der Waals surface area contributed by atoms with Crippen molar-refractivity contribution in [1.29, 1.82) is 0 Å². The molecular weight excluding hydrogens is 316 g/mol. The third-order valence-corrected chi connectivity index (χ3v) is 4.69. The van der Waals surface area contributed by atoms with Crippen molar-refractivity contribution in [1.82, 2.24) is 4.90 Å². The molecule has 1 amide bonds. The van der Waals surface area contributed by atoms with Crippen molar-refractivity contribution in [2.45, 2.75) is 18.6 Å². The summed E-state index contributed by atoms with van der Waals surface area (Å²) in [5, 5.41) is 2.95. The number of nitrogens with zero attached hydrogens (tertiary/aromatic N) is 1. The van der Waals surface area contributed by atoms with Gasteiger partial charge >= 0.3 is 5.97 Å². The number of nitrogens with one attached hydrogen (secondary N) is 1. The maximum absolute atomic E-state index is 12.6. The second-order valence-corrected chi connectivity index (χ2v) is 6.28. The van der Waals surface area contributed by atoms with Crippen LogP contribution in [0.5, 0.6) is 0 Å². The quantitative estimate of drug-likeness (QED) is 0.858. The molecule has 0 aliphatic carbocycles. The molecule has 1 saturated heterocycles. The minimum absolute atomic E-state index is 0.0932. The molecule has 0 radical (unpaired) electrons. The third kappa shape index (κ3) is 2.78. The van der Waals surface area contributed by atoms with Crippen molar-refractivity contribution in [2.24, 2.45) is 0 Å². The number of benzene rings is 2. The molecule has 5 nitrogen and oxygen atoms in total. The van der Waals surface area contributed by atoms with Gasteiger partial charge < -0.3 is 15.0 Å². The minimum Gasteiger partial charge on any atom is -0.457 e. The van der Waals surface area contributed by atoms with E-state index < -0.39 is 0 Å². The highest BCUT2D eigenvalue weighted by atomic mass is 16.5. The number of anilines is 1. The van der Waals surface area contributed by atoms with Crippen LogP contribution >= 0.6 is 0 Å². The van der Waals surface area contributed by atoms with Gasteiger partial charge in [-0.2, -0.15) is 0 Å². The summed E-state index contributed by atoms with van der Waals surface area (Å²) in [5.74, 6) is -0.459. The van der Waals surface area contributed by atoms with E-state index in [0.29, 0.717) is 18.5 Å². The van der Waals surface area contributed by atoms with Gasteiger partial charge in [0.2, 0.25) is 5.91 Å². The topological polar surface area (TPSA) is 58.6 Å². The molecule has 4 rings (SSSR count). The molecule has 0 spiro atoms. The van der Waals surface area contributed by atoms with Crippen molar-refractivity contribution in [3.63, 3.8) is 0 Å². The van der Waals surface area contributed by atoms with Gasteiger partial charge in [-0.3, -0.25) is 4.79 Å². The summed E-state index contributed by atoms with van der Waals surface area (Å²) in [5.41, 5.74) is 2.95. The van der Waals surface area contributed by atoms with Crippen molar-refractivity contribution in [2.75, 3.05) is 11.9 Å². The van der Waals surface area contributed by atoms with E-state index in [9.17, 15) is 9.59 Å². The molecule has 0 aromatic heterocycles. The molecule has 0 saturated carbocycles. The number of fused-ring (bicyclic) bond motifs is 2. The predicted octanol–water partition coefficient (Wildman–Crippen LogP) is 2.91. The first-order chi connectivity index (χ1) is 12.1. The van der Waals surface area contributed by atoms with Gasteiger partial charge in [0.1, 0.15) is 12.1 Å². The fourth-order valence-electron chi connectivity index (χ4n) is 3.44. The largest absolute Gasteiger partial charge is 0.457 e. The molecule has 2 aliphatic rings. The number of hydrogen-bond donors (Lipinski definition) is 1. The summed E-state index contributed by atoms with van der Waals surface area (Å²) in [6.07, 6.45) is 0.114. The van der Waals surface area contributed by atoms with Crippen molar-refractivity contribution >= 4 is 23.3 Å². The van der Waals surface area contributed by atoms with Gasteiger partial charge in [-0.25, -0.2) is 4.79 Å². The summed E-state index contributed by atoms with van der Waals surface area (Å²) in [6.45, 7) is 4.62. The van der Waals surface area contributed by atoms with E-state index in [1.807, 2.05) is 35.2 Å². The second kappa shape index (κ2) is 6.09. The second-order valence-electron chi connectivity index (χ2n) is 6.28. The summed E-state index contributed by atoms with van der Waals surface area (Å²) in [4.78, 5) is 26.8. The van der Waals surface area contributed by atoms with Crippen LogP contribution in [-0.4, -0.2) is 35.5 Å². The smallest absolute Gasteiger partial charge is 0.338 e. The molecule has 126 valence electrons. The molecule has 1 N–H and O–H groups in total. The van der Waals surface area contributed by atoms with Gasteiger partial charge in [-0.05, 0) is 18.2 Å². The van der Waals surface area contributed by atoms with Crippen LogP contribution in [0.4, 0.5) is 5.69 Å². The standard InChI is InChI=1S/C20H18N2O3/c1-13-16-9-5-6-10-17(16)21-19(23)18-11-15(12-22(13)18)25-20(24)14-7-3-2-4-8-14/h2-10,15,18H,1,11-12H2,(H,21,23). The zero-order valence-corrected chi connectivity index (χ0v) is 13.6. The molecule has 5 heteroatoms. The maximum atomic E-state index is 12.6. The lowest BCUT2D eigenvalue weighted by molar-refractivity contribution is -0.119. The zero-order chi connectivity index (χ0) is 17.4. The first-order valence-electron chi connectivity index (χ1n) is 8.25. The van der Waals surface area contributed by atoms with E-state index in [2.05, 4.69) is 11.9 Å². The van der Waals surface area contributed by atoms with E-state index in [-0.39, 0.29) is 24.0 Å². The Morgan fingerprint density at radius 3 is 2.64 bits per heavy atom. The molecule has 2 atom stereocenters. The Hall–Kier alpha value is -3.08. The van der Waals surface area contributed by atoms with E-state index in [4.69, 9.17) is 4.74 Å². The lowest BCUT2D eigenvalue weighted by atomic mass is 10.1. The van der Waals surface area contributed by atoms with Crippen LogP contribution in [0.3, 0.4) is 0 Å². The third-order valence-electron chi connectivity index (χ3n) is 4.69. The Balaban J connectivity index is 1.54. The van der Waals surface area contributed by atoms with Crippen LogP contribution in [-0.2, 0) is 9.53 Å². The lowest BCUT2D eigenvalue weighted by Crippen LogP contribution is -2.35. The molecule has 2 aromatic rings. The Labute approximate surface area is 145 Å². The van der Waals surface area contributed by atoms with E-state index >= 15 is 0 Å². The number of rotatable bonds is 2. The van der Waals surface area contributed by atoms with Gasteiger partial charge in [-0.15, -0.1) is 0 Å². The van der Waals surface area contributed by atoms with Crippen molar-refractivity contribution in [3.05, 3.63) is 72.3 Å². The number of ether oxygens (including phenoxy) is 1. The summed E-state index contributed by atoms with van der Waals surface area (Å²) in [6, 6.07) is 16.1. The van der Waals surface area contributed by atoms with E-state index in [0.717, 1.165) is 16.9 Å². The van der Waals surface area contributed by atoms with Crippen LogP contribution in [0.15, 0.2) is 61.2 Å². The van der Waals surface area contributed by atoms with Gasteiger partial charge in [0.05, 0.1) is 17.8 Å². The van der Waals surface area contributed by atoms with E-state index in [1.54, 1.807) is 24.3 Å². The summed E-state index contributed by atoms with van der Waals surface area (Å²) in [7, 11) is 0. The number of hydrogen-bond acceptors (Lipinski definition) is 4. The van der Waals surface area contributed by atoms with Crippen molar-refractivity contribution in [3.8, 4) is 0 Å². The SMILES string of the molecule is C=C1c2ccccc2NC(=O)C2CC(OC(=O)c3ccccc3)CN12. The number of esters is 1. The average molecular weight is 334 g/mol. The highest BCUT2D eigenvalue weighted by molar-refractivity contribution is 6.00. The number of carbonyl (C=O) groups is 2. The summed E-state index contributed by atoms with van der Waals surface area (Å²) >= 11 is 0. The lowest BCUT2D eigenvalue weighted by Gasteiger charge is -2.24. The molecule has 0 bridgehead atoms. The minimum atomic E-state index is -0.381. The fourth-order valence-corrected chi connectivity index (χ4v) is 3.44. The summed E-state index contributed by atoms with van der Waals surface area (Å²) < 4.78 is 5.61. The fraction of sp³-hybridized carbons (Fsp3) is 0.200. The van der Waals surface area contributed by atoms with Crippen LogP contribution in [0.2, 0.25) is 0 Å². The first kappa shape index (κ1) is 15.4. The number of para-hydroxylation sites is 1. The number of amides is 1. The Morgan fingerprint density at radius 2 is 1.84 bits per heavy atom. The monoisotopic (exact) mass is 334 g/mol.